The van der Waals surface area contributed by atoms with Gasteiger partial charge in [-0.1, -0.05) is 31.0 Å². The molecule has 1 N–H and O–H groups in total. The number of benzene rings is 2. The molecule has 5 nitrogen and oxygen atoms in total. The minimum atomic E-state index is -0.407. The van der Waals surface area contributed by atoms with Crippen molar-refractivity contribution in [3.63, 3.8) is 0 Å². The third-order valence-corrected chi connectivity index (χ3v) is 4.31. The summed E-state index contributed by atoms with van der Waals surface area (Å²) < 4.78 is 10.7. The van der Waals surface area contributed by atoms with E-state index in [1.165, 1.54) is 6.26 Å². The van der Waals surface area contributed by atoms with Crippen LogP contribution in [0.2, 0.25) is 5.02 Å². The van der Waals surface area contributed by atoms with E-state index in [4.69, 9.17) is 21.1 Å². The number of hydrogen-bond acceptors (Lipinski definition) is 4. The molecule has 0 unspecified atom stereocenters. The van der Waals surface area contributed by atoms with Crippen LogP contribution in [0.5, 0.6) is 5.75 Å². The minimum Gasteiger partial charge on any atom is -0.464 e. The molecule has 0 atom stereocenters. The Balaban J connectivity index is 1.74. The average molecular weight is 398 g/mol. The molecule has 1 amide bonds. The summed E-state index contributed by atoms with van der Waals surface area (Å²) in [5.41, 5.74) is 1.99. The number of carbonyl (C=O) groups excluding carboxylic acids is 2. The number of rotatable bonds is 6. The van der Waals surface area contributed by atoms with Crippen molar-refractivity contribution in [1.82, 2.24) is 0 Å². The highest BCUT2D eigenvalue weighted by Gasteiger charge is 2.14. The molecule has 2 aromatic carbocycles. The summed E-state index contributed by atoms with van der Waals surface area (Å²) in [5, 5.41) is 3.34. The Bertz CT molecular complexity index is 949. The molecule has 0 aromatic heterocycles. The summed E-state index contributed by atoms with van der Waals surface area (Å²) >= 11 is 6.03. The molecule has 1 aliphatic rings. The number of fused-ring (bicyclic) bond motifs is 1. The predicted molar refractivity (Wildman–Crippen MR) is 109 cm³/mol. The Morgan fingerprint density at radius 2 is 2.04 bits per heavy atom. The lowest BCUT2D eigenvalue weighted by atomic mass is 10.1. The van der Waals surface area contributed by atoms with Crippen molar-refractivity contribution in [2.45, 2.75) is 19.8 Å². The number of hydrogen-bond donors (Lipinski definition) is 1. The molecule has 28 heavy (non-hydrogen) atoms. The average Bonchev–Trinajstić information content (AvgIpc) is 2.90. The highest BCUT2D eigenvalue weighted by Crippen LogP contribution is 2.28. The van der Waals surface area contributed by atoms with Crippen LogP contribution in [0.3, 0.4) is 0 Å². The summed E-state index contributed by atoms with van der Waals surface area (Å²) in [6, 6.07) is 11.8. The number of nitrogens with one attached hydrogen (secondary N) is 1. The van der Waals surface area contributed by atoms with Gasteiger partial charge in [0.2, 0.25) is 0 Å². The van der Waals surface area contributed by atoms with Gasteiger partial charge in [-0.05, 0) is 55.0 Å². The molecule has 6 heteroatoms. The molecule has 0 spiro atoms. The van der Waals surface area contributed by atoms with E-state index >= 15 is 0 Å². The summed E-state index contributed by atoms with van der Waals surface area (Å²) in [6.45, 7) is 2.41. The lowest BCUT2D eigenvalue weighted by Gasteiger charge is -2.08. The smallest absolute Gasteiger partial charge is 0.338 e. The molecular weight excluding hydrogens is 378 g/mol. The van der Waals surface area contributed by atoms with Crippen LogP contribution in [-0.2, 0) is 9.53 Å². The fourth-order valence-electron chi connectivity index (χ4n) is 2.60. The van der Waals surface area contributed by atoms with Crippen molar-refractivity contribution in [3.05, 3.63) is 76.5 Å². The fraction of sp³-hybridized carbons (Fsp3) is 0.182. The Hall–Kier alpha value is -3.05. The van der Waals surface area contributed by atoms with E-state index in [2.05, 4.69) is 5.32 Å². The standard InChI is InChI=1S/C22H20ClNO4/c1-2-3-10-28-22(26)16-5-4-6-19(14-16)24-21(25)15-9-11-27-20-8-7-18(23)13-17(20)12-15/h4-9,11-14H,2-3,10H2,1H3,(H,24,25). The van der Waals surface area contributed by atoms with E-state index in [0.29, 0.717) is 39.8 Å². The molecule has 2 aromatic rings. The van der Waals surface area contributed by atoms with E-state index in [0.717, 1.165) is 12.8 Å². The zero-order valence-electron chi connectivity index (χ0n) is 15.4. The minimum absolute atomic E-state index is 0.329. The van der Waals surface area contributed by atoms with Crippen LogP contribution in [0.25, 0.3) is 6.08 Å². The quantitative estimate of drug-likeness (QED) is 0.535. The third kappa shape index (κ3) is 5.02. The van der Waals surface area contributed by atoms with Crippen molar-refractivity contribution in [2.75, 3.05) is 11.9 Å². The van der Waals surface area contributed by atoms with Gasteiger partial charge in [-0.15, -0.1) is 0 Å². The number of ether oxygens (including phenoxy) is 2. The zero-order valence-corrected chi connectivity index (χ0v) is 16.2. The second-order valence-corrected chi connectivity index (χ2v) is 6.66. The maximum Gasteiger partial charge on any atom is 0.338 e. The van der Waals surface area contributed by atoms with E-state index in [9.17, 15) is 9.59 Å². The first-order valence-electron chi connectivity index (χ1n) is 9.00. The van der Waals surface area contributed by atoms with Crippen molar-refractivity contribution in [3.8, 4) is 5.75 Å². The molecule has 0 radical (unpaired) electrons. The monoisotopic (exact) mass is 397 g/mol. The van der Waals surface area contributed by atoms with E-state index in [-0.39, 0.29) is 5.91 Å². The molecule has 3 rings (SSSR count). The van der Waals surface area contributed by atoms with Crippen molar-refractivity contribution in [2.24, 2.45) is 0 Å². The molecule has 0 aliphatic carbocycles. The first-order chi connectivity index (χ1) is 13.6. The maximum absolute atomic E-state index is 12.7. The molecule has 0 saturated heterocycles. The summed E-state index contributed by atoms with van der Waals surface area (Å²) in [7, 11) is 0. The molecule has 1 aliphatic heterocycles. The highest BCUT2D eigenvalue weighted by molar-refractivity contribution is 6.30. The Morgan fingerprint density at radius 1 is 1.18 bits per heavy atom. The molecule has 0 saturated carbocycles. The molecule has 1 heterocycles. The lowest BCUT2D eigenvalue weighted by Crippen LogP contribution is -2.14. The van der Waals surface area contributed by atoms with E-state index in [1.807, 2.05) is 6.92 Å². The van der Waals surface area contributed by atoms with Gasteiger partial charge in [0, 0.05) is 21.8 Å². The van der Waals surface area contributed by atoms with Crippen LogP contribution in [0.4, 0.5) is 5.69 Å². The topological polar surface area (TPSA) is 64.6 Å². The number of unbranched alkanes of at least 4 members (excludes halogenated alkanes) is 1. The van der Waals surface area contributed by atoms with Crippen molar-refractivity contribution < 1.29 is 19.1 Å². The normalized spacial score (nSPS) is 12.3. The summed E-state index contributed by atoms with van der Waals surface area (Å²) in [6.07, 6.45) is 6.49. The largest absolute Gasteiger partial charge is 0.464 e. The van der Waals surface area contributed by atoms with Crippen molar-refractivity contribution >= 4 is 35.2 Å². The van der Waals surface area contributed by atoms with Gasteiger partial charge in [0.05, 0.1) is 18.4 Å². The number of halogens is 1. The fourth-order valence-corrected chi connectivity index (χ4v) is 2.78. The Labute approximate surface area is 168 Å². The predicted octanol–water partition coefficient (Wildman–Crippen LogP) is 5.23. The van der Waals surface area contributed by atoms with Crippen LogP contribution >= 0.6 is 11.6 Å². The molecule has 0 bridgehead atoms. The maximum atomic E-state index is 12.7. The summed E-state index contributed by atoms with van der Waals surface area (Å²) in [5.74, 6) is -0.125. The second-order valence-electron chi connectivity index (χ2n) is 6.23. The molecule has 144 valence electrons. The summed E-state index contributed by atoms with van der Waals surface area (Å²) in [4.78, 5) is 24.8. The van der Waals surface area contributed by atoms with Gasteiger partial charge in [-0.3, -0.25) is 4.79 Å². The Morgan fingerprint density at radius 3 is 2.86 bits per heavy atom. The van der Waals surface area contributed by atoms with Crippen LogP contribution in [-0.4, -0.2) is 18.5 Å². The van der Waals surface area contributed by atoms with E-state index in [1.54, 1.807) is 54.6 Å². The zero-order chi connectivity index (χ0) is 19.9. The van der Waals surface area contributed by atoms with Gasteiger partial charge in [0.25, 0.3) is 5.91 Å². The van der Waals surface area contributed by atoms with Crippen LogP contribution in [0, 0.1) is 0 Å². The SMILES string of the molecule is CCCCOC(=O)c1cccc(NC(=O)C2=Cc3cc(Cl)ccc3OC=C2)c1. The van der Waals surface area contributed by atoms with Crippen molar-refractivity contribution in [1.29, 1.82) is 0 Å². The second kappa shape index (κ2) is 9.24. The number of esters is 1. The number of carbonyl (C=O) groups is 2. The first-order valence-corrected chi connectivity index (χ1v) is 9.37. The number of amides is 1. The van der Waals surface area contributed by atoms with Gasteiger partial charge in [0.1, 0.15) is 5.75 Å². The molecular formula is C22H20ClNO4. The van der Waals surface area contributed by atoms with Gasteiger partial charge < -0.3 is 14.8 Å². The van der Waals surface area contributed by atoms with Gasteiger partial charge >= 0.3 is 5.97 Å². The van der Waals surface area contributed by atoms with Gasteiger partial charge in [0.15, 0.2) is 0 Å². The van der Waals surface area contributed by atoms with Crippen LogP contribution in [0.15, 0.2) is 60.4 Å². The lowest BCUT2D eigenvalue weighted by molar-refractivity contribution is -0.112. The van der Waals surface area contributed by atoms with Crippen LogP contribution < -0.4 is 10.1 Å². The molecule has 0 fully saturated rings. The highest BCUT2D eigenvalue weighted by atomic mass is 35.5. The van der Waals surface area contributed by atoms with Crippen LogP contribution in [0.1, 0.15) is 35.7 Å². The first kappa shape index (κ1) is 19.7. The van der Waals surface area contributed by atoms with Gasteiger partial charge in [-0.25, -0.2) is 4.79 Å². The Kier molecular flexibility index (Phi) is 6.50. The van der Waals surface area contributed by atoms with Gasteiger partial charge in [-0.2, -0.15) is 0 Å². The number of anilines is 1. The van der Waals surface area contributed by atoms with E-state index < -0.39 is 5.97 Å². The third-order valence-electron chi connectivity index (χ3n) is 4.07.